The lowest BCUT2D eigenvalue weighted by atomic mass is 10.0. The maximum absolute atomic E-state index is 12.2. The molecule has 4 heteroatoms. The van der Waals surface area contributed by atoms with Crippen LogP contribution in [0.3, 0.4) is 0 Å². The molecule has 112 valence electrons. The van der Waals surface area contributed by atoms with E-state index in [1.54, 1.807) is 0 Å². The summed E-state index contributed by atoms with van der Waals surface area (Å²) in [5.74, 6) is 6.08. The Balaban J connectivity index is 2.02. The van der Waals surface area contributed by atoms with Gasteiger partial charge in [-0.15, -0.1) is 0 Å². The summed E-state index contributed by atoms with van der Waals surface area (Å²) in [6, 6.07) is 7.76. The Labute approximate surface area is 126 Å². The van der Waals surface area contributed by atoms with E-state index in [1.165, 1.54) is 0 Å². The van der Waals surface area contributed by atoms with Crippen LogP contribution in [-0.2, 0) is 9.53 Å². The standard InChI is InChI=1S/C17H22N2O2/c1-12-8-10-21-16(12)17(20)19-13(2)15-7-3-5-14(11-15)6-4-9-18/h3,5,7,11-13,16H,8-10,18H2,1-2H3,(H,19,20). The number of hydrogen-bond acceptors (Lipinski definition) is 3. The van der Waals surface area contributed by atoms with Crippen molar-refractivity contribution in [2.24, 2.45) is 11.7 Å². The lowest BCUT2D eigenvalue weighted by Gasteiger charge is -2.19. The van der Waals surface area contributed by atoms with Crippen molar-refractivity contribution in [3.05, 3.63) is 35.4 Å². The molecule has 0 bridgehead atoms. The van der Waals surface area contributed by atoms with Gasteiger partial charge in [0, 0.05) is 12.2 Å². The van der Waals surface area contributed by atoms with Gasteiger partial charge in [0.15, 0.2) is 0 Å². The fraction of sp³-hybridized carbons (Fsp3) is 0.471. The van der Waals surface area contributed by atoms with Crippen molar-refractivity contribution in [1.29, 1.82) is 0 Å². The number of hydrogen-bond donors (Lipinski definition) is 2. The van der Waals surface area contributed by atoms with E-state index in [2.05, 4.69) is 17.2 Å². The van der Waals surface area contributed by atoms with Crippen LogP contribution in [0, 0.1) is 17.8 Å². The molecular weight excluding hydrogens is 264 g/mol. The van der Waals surface area contributed by atoms with Crippen molar-refractivity contribution >= 4 is 5.91 Å². The molecular formula is C17H22N2O2. The van der Waals surface area contributed by atoms with Crippen molar-refractivity contribution in [1.82, 2.24) is 5.32 Å². The molecule has 0 aromatic heterocycles. The molecule has 21 heavy (non-hydrogen) atoms. The predicted octanol–water partition coefficient (Wildman–Crippen LogP) is 1.60. The van der Waals surface area contributed by atoms with E-state index in [0.717, 1.165) is 17.5 Å². The van der Waals surface area contributed by atoms with E-state index < -0.39 is 0 Å². The molecule has 1 aromatic carbocycles. The van der Waals surface area contributed by atoms with Gasteiger partial charge in [-0.25, -0.2) is 0 Å². The molecule has 0 aliphatic carbocycles. The molecule has 3 unspecified atom stereocenters. The summed E-state index contributed by atoms with van der Waals surface area (Å²) in [7, 11) is 0. The molecule has 2 rings (SSSR count). The first-order valence-electron chi connectivity index (χ1n) is 7.32. The van der Waals surface area contributed by atoms with Gasteiger partial charge in [-0.05, 0) is 37.0 Å². The highest BCUT2D eigenvalue weighted by Gasteiger charge is 2.31. The quantitative estimate of drug-likeness (QED) is 0.830. The maximum atomic E-state index is 12.2. The van der Waals surface area contributed by atoms with Gasteiger partial charge in [0.05, 0.1) is 12.6 Å². The number of nitrogens with one attached hydrogen (secondary N) is 1. The first-order valence-corrected chi connectivity index (χ1v) is 7.32. The first-order chi connectivity index (χ1) is 10.1. The Morgan fingerprint density at radius 3 is 3.05 bits per heavy atom. The topological polar surface area (TPSA) is 64.3 Å². The van der Waals surface area contributed by atoms with Gasteiger partial charge in [-0.3, -0.25) is 4.79 Å². The Hall–Kier alpha value is -1.83. The number of benzene rings is 1. The van der Waals surface area contributed by atoms with Gasteiger partial charge < -0.3 is 15.8 Å². The van der Waals surface area contributed by atoms with Crippen molar-refractivity contribution in [3.8, 4) is 11.8 Å². The number of carbonyl (C=O) groups is 1. The van der Waals surface area contributed by atoms with Crippen LogP contribution in [0.15, 0.2) is 24.3 Å². The number of ether oxygens (including phenoxy) is 1. The molecule has 0 saturated carbocycles. The third-order valence-corrected chi connectivity index (χ3v) is 3.73. The van der Waals surface area contributed by atoms with Gasteiger partial charge in [0.1, 0.15) is 6.10 Å². The zero-order valence-corrected chi connectivity index (χ0v) is 12.6. The Bertz CT molecular complexity index is 559. The van der Waals surface area contributed by atoms with Gasteiger partial charge in [-0.2, -0.15) is 0 Å². The highest BCUT2D eigenvalue weighted by molar-refractivity contribution is 5.81. The number of rotatable bonds is 3. The van der Waals surface area contributed by atoms with Crippen LogP contribution in [0.4, 0.5) is 0 Å². The summed E-state index contributed by atoms with van der Waals surface area (Å²) in [4.78, 5) is 12.2. The number of amides is 1. The SMILES string of the molecule is CC(NC(=O)C1OCCC1C)c1cccc(C#CCN)c1. The summed E-state index contributed by atoms with van der Waals surface area (Å²) < 4.78 is 5.49. The van der Waals surface area contributed by atoms with Crippen LogP contribution < -0.4 is 11.1 Å². The average molecular weight is 286 g/mol. The minimum atomic E-state index is -0.326. The van der Waals surface area contributed by atoms with E-state index in [-0.39, 0.29) is 24.0 Å². The molecule has 0 radical (unpaired) electrons. The zero-order chi connectivity index (χ0) is 15.2. The lowest BCUT2D eigenvalue weighted by Crippen LogP contribution is -2.38. The van der Waals surface area contributed by atoms with Crippen molar-refractivity contribution in [3.63, 3.8) is 0 Å². The molecule has 1 aliphatic heterocycles. The predicted molar refractivity (Wildman–Crippen MR) is 82.5 cm³/mol. The monoisotopic (exact) mass is 286 g/mol. The molecule has 3 atom stereocenters. The third kappa shape index (κ3) is 4.07. The van der Waals surface area contributed by atoms with Crippen LogP contribution in [0.2, 0.25) is 0 Å². The summed E-state index contributed by atoms with van der Waals surface area (Å²) in [6.07, 6.45) is 0.615. The minimum Gasteiger partial charge on any atom is -0.368 e. The maximum Gasteiger partial charge on any atom is 0.249 e. The zero-order valence-electron chi connectivity index (χ0n) is 12.6. The molecule has 1 heterocycles. The smallest absolute Gasteiger partial charge is 0.249 e. The summed E-state index contributed by atoms with van der Waals surface area (Å²) in [5, 5.41) is 3.02. The second-order valence-electron chi connectivity index (χ2n) is 5.42. The molecule has 4 nitrogen and oxygen atoms in total. The van der Waals surface area contributed by atoms with E-state index in [0.29, 0.717) is 13.2 Å². The van der Waals surface area contributed by atoms with E-state index >= 15 is 0 Å². The number of nitrogens with two attached hydrogens (primary N) is 1. The van der Waals surface area contributed by atoms with E-state index in [1.807, 2.05) is 38.1 Å². The second kappa shape index (κ2) is 7.26. The van der Waals surface area contributed by atoms with E-state index in [9.17, 15) is 4.79 Å². The van der Waals surface area contributed by atoms with Crippen LogP contribution in [0.1, 0.15) is 37.4 Å². The van der Waals surface area contributed by atoms with Gasteiger partial charge in [0.2, 0.25) is 5.91 Å². The van der Waals surface area contributed by atoms with Crippen molar-refractivity contribution in [2.75, 3.05) is 13.2 Å². The Kier molecular flexibility index (Phi) is 5.38. The van der Waals surface area contributed by atoms with E-state index in [4.69, 9.17) is 10.5 Å². The summed E-state index contributed by atoms with van der Waals surface area (Å²) >= 11 is 0. The van der Waals surface area contributed by atoms with Crippen LogP contribution in [-0.4, -0.2) is 25.2 Å². The van der Waals surface area contributed by atoms with Crippen molar-refractivity contribution < 1.29 is 9.53 Å². The largest absolute Gasteiger partial charge is 0.368 e. The van der Waals surface area contributed by atoms with Gasteiger partial charge in [-0.1, -0.05) is 30.9 Å². The van der Waals surface area contributed by atoms with Gasteiger partial charge >= 0.3 is 0 Å². The minimum absolute atomic E-state index is 0.0362. The molecule has 1 aliphatic rings. The van der Waals surface area contributed by atoms with Crippen molar-refractivity contribution in [2.45, 2.75) is 32.4 Å². The fourth-order valence-electron chi connectivity index (χ4n) is 2.45. The Morgan fingerprint density at radius 1 is 1.57 bits per heavy atom. The lowest BCUT2D eigenvalue weighted by molar-refractivity contribution is -0.132. The average Bonchev–Trinajstić information content (AvgIpc) is 2.91. The molecule has 1 amide bonds. The Morgan fingerprint density at radius 2 is 2.38 bits per heavy atom. The van der Waals surface area contributed by atoms with Crippen LogP contribution in [0.25, 0.3) is 0 Å². The first kappa shape index (κ1) is 15.6. The van der Waals surface area contributed by atoms with Crippen LogP contribution >= 0.6 is 0 Å². The van der Waals surface area contributed by atoms with Gasteiger partial charge in [0.25, 0.3) is 0 Å². The number of carbonyl (C=O) groups excluding carboxylic acids is 1. The molecule has 1 fully saturated rings. The van der Waals surface area contributed by atoms with Crippen LogP contribution in [0.5, 0.6) is 0 Å². The molecule has 0 spiro atoms. The third-order valence-electron chi connectivity index (χ3n) is 3.73. The summed E-state index contributed by atoms with van der Waals surface area (Å²) in [6.45, 7) is 5.02. The highest BCUT2D eigenvalue weighted by Crippen LogP contribution is 2.21. The summed E-state index contributed by atoms with van der Waals surface area (Å²) in [5.41, 5.74) is 7.31. The highest BCUT2D eigenvalue weighted by atomic mass is 16.5. The molecule has 1 aromatic rings. The molecule has 1 saturated heterocycles. The fourth-order valence-corrected chi connectivity index (χ4v) is 2.45. The second-order valence-corrected chi connectivity index (χ2v) is 5.42. The molecule has 3 N–H and O–H groups in total. The normalized spacial score (nSPS) is 22.2.